The van der Waals surface area contributed by atoms with Crippen LogP contribution < -0.4 is 5.32 Å². The predicted molar refractivity (Wildman–Crippen MR) is 81.7 cm³/mol. The number of likely N-dealkylation sites (tertiary alicyclic amines) is 1. The van der Waals surface area contributed by atoms with Gasteiger partial charge in [-0.2, -0.15) is 0 Å². The molecule has 0 radical (unpaired) electrons. The Morgan fingerprint density at radius 2 is 1.74 bits per heavy atom. The lowest BCUT2D eigenvalue weighted by molar-refractivity contribution is -0.133. The number of carbonyl (C=O) groups is 1. The number of rotatable bonds is 5. The first-order valence-electron chi connectivity index (χ1n) is 7.78. The highest BCUT2D eigenvalue weighted by Gasteiger charge is 2.25. The molecule has 1 heterocycles. The summed E-state index contributed by atoms with van der Waals surface area (Å²) in [7, 11) is 0. The third kappa shape index (κ3) is 5.31. The van der Waals surface area contributed by atoms with Crippen LogP contribution >= 0.6 is 12.4 Å². The fourth-order valence-electron chi connectivity index (χ4n) is 3.33. The SMILES string of the molecule is CCNCC1CCN(C(=O)CC2CCCC2)CC1.Cl. The maximum atomic E-state index is 12.2. The number of piperidine rings is 1. The van der Waals surface area contributed by atoms with E-state index in [-0.39, 0.29) is 12.4 Å². The normalized spacial score (nSPS) is 21.4. The van der Waals surface area contributed by atoms with Crippen molar-refractivity contribution < 1.29 is 4.79 Å². The van der Waals surface area contributed by atoms with Crippen molar-refractivity contribution in [3.05, 3.63) is 0 Å². The lowest BCUT2D eigenvalue weighted by Gasteiger charge is -2.32. The van der Waals surface area contributed by atoms with E-state index in [0.29, 0.717) is 11.8 Å². The summed E-state index contributed by atoms with van der Waals surface area (Å²) >= 11 is 0. The molecule has 1 saturated heterocycles. The van der Waals surface area contributed by atoms with Gasteiger partial charge in [0.05, 0.1) is 0 Å². The molecule has 1 aliphatic heterocycles. The highest BCUT2D eigenvalue weighted by atomic mass is 35.5. The van der Waals surface area contributed by atoms with Crippen LogP contribution in [0.4, 0.5) is 0 Å². The van der Waals surface area contributed by atoms with Crippen molar-refractivity contribution in [1.29, 1.82) is 0 Å². The Morgan fingerprint density at radius 3 is 2.32 bits per heavy atom. The van der Waals surface area contributed by atoms with Gasteiger partial charge >= 0.3 is 0 Å². The van der Waals surface area contributed by atoms with Gasteiger partial charge in [-0.1, -0.05) is 19.8 Å². The molecule has 2 rings (SSSR count). The summed E-state index contributed by atoms with van der Waals surface area (Å²) in [4.78, 5) is 14.3. The highest BCUT2D eigenvalue weighted by Crippen LogP contribution is 2.28. The van der Waals surface area contributed by atoms with E-state index >= 15 is 0 Å². The number of carbonyl (C=O) groups excluding carboxylic acids is 1. The van der Waals surface area contributed by atoms with Gasteiger partial charge in [-0.25, -0.2) is 0 Å². The van der Waals surface area contributed by atoms with E-state index in [1.807, 2.05) is 0 Å². The second-order valence-corrected chi connectivity index (χ2v) is 5.99. The molecule has 1 saturated carbocycles. The van der Waals surface area contributed by atoms with Crippen LogP contribution in [0.15, 0.2) is 0 Å². The Hall–Kier alpha value is -0.280. The standard InChI is InChI=1S/C15H28N2O.ClH/c1-2-16-12-14-7-9-17(10-8-14)15(18)11-13-5-3-4-6-13;/h13-14,16H,2-12H2,1H3;1H. The van der Waals surface area contributed by atoms with Gasteiger partial charge in [-0.15, -0.1) is 12.4 Å². The molecule has 19 heavy (non-hydrogen) atoms. The average molecular weight is 289 g/mol. The van der Waals surface area contributed by atoms with Crippen molar-refractivity contribution in [2.45, 2.75) is 51.9 Å². The molecule has 0 atom stereocenters. The molecule has 0 aromatic heterocycles. The Labute approximate surface area is 123 Å². The second-order valence-electron chi connectivity index (χ2n) is 5.99. The summed E-state index contributed by atoms with van der Waals surface area (Å²) in [6, 6.07) is 0. The minimum absolute atomic E-state index is 0. The second kappa shape index (κ2) is 8.80. The molecule has 1 amide bonds. The largest absolute Gasteiger partial charge is 0.343 e. The molecule has 0 spiro atoms. The summed E-state index contributed by atoms with van der Waals surface area (Å²) < 4.78 is 0. The summed E-state index contributed by atoms with van der Waals surface area (Å²) in [6.07, 6.45) is 8.42. The van der Waals surface area contributed by atoms with Crippen LogP contribution in [0.1, 0.15) is 51.9 Å². The molecule has 0 aromatic carbocycles. The molecular weight excluding hydrogens is 260 g/mol. The van der Waals surface area contributed by atoms with Gasteiger partial charge in [0.1, 0.15) is 0 Å². The average Bonchev–Trinajstić information content (AvgIpc) is 2.89. The third-order valence-corrected chi connectivity index (χ3v) is 4.59. The molecule has 3 nitrogen and oxygen atoms in total. The number of nitrogens with zero attached hydrogens (tertiary/aromatic N) is 1. The van der Waals surface area contributed by atoms with Crippen molar-refractivity contribution >= 4 is 18.3 Å². The van der Waals surface area contributed by atoms with E-state index in [0.717, 1.165) is 38.5 Å². The Morgan fingerprint density at radius 1 is 1.11 bits per heavy atom. The zero-order valence-electron chi connectivity index (χ0n) is 12.2. The molecule has 0 unspecified atom stereocenters. The van der Waals surface area contributed by atoms with Crippen LogP contribution in [-0.2, 0) is 4.79 Å². The number of hydrogen-bond acceptors (Lipinski definition) is 2. The van der Waals surface area contributed by atoms with Crippen LogP contribution in [0, 0.1) is 11.8 Å². The van der Waals surface area contributed by atoms with Crippen LogP contribution in [-0.4, -0.2) is 37.0 Å². The summed E-state index contributed by atoms with van der Waals surface area (Å²) in [6.45, 7) is 6.31. The first-order valence-corrected chi connectivity index (χ1v) is 7.78. The quantitative estimate of drug-likeness (QED) is 0.844. The van der Waals surface area contributed by atoms with E-state index in [1.165, 1.54) is 38.5 Å². The Balaban J connectivity index is 0.00000180. The molecule has 1 N–H and O–H groups in total. The van der Waals surface area contributed by atoms with E-state index < -0.39 is 0 Å². The molecule has 4 heteroatoms. The molecular formula is C15H29ClN2O. The van der Waals surface area contributed by atoms with Crippen molar-refractivity contribution in [3.63, 3.8) is 0 Å². The lowest BCUT2D eigenvalue weighted by atomic mass is 9.95. The first kappa shape index (κ1) is 16.8. The zero-order chi connectivity index (χ0) is 12.8. The summed E-state index contributed by atoms with van der Waals surface area (Å²) in [5, 5.41) is 3.42. The Kier molecular flexibility index (Phi) is 7.77. The number of amides is 1. The number of hydrogen-bond donors (Lipinski definition) is 1. The van der Waals surface area contributed by atoms with Gasteiger partial charge < -0.3 is 10.2 Å². The molecule has 1 aliphatic carbocycles. The van der Waals surface area contributed by atoms with Gasteiger partial charge in [-0.05, 0) is 50.6 Å². The fourth-order valence-corrected chi connectivity index (χ4v) is 3.33. The highest BCUT2D eigenvalue weighted by molar-refractivity contribution is 5.85. The van der Waals surface area contributed by atoms with Crippen LogP contribution in [0.3, 0.4) is 0 Å². The van der Waals surface area contributed by atoms with E-state index in [2.05, 4.69) is 17.1 Å². The third-order valence-electron chi connectivity index (χ3n) is 4.59. The minimum atomic E-state index is 0. The van der Waals surface area contributed by atoms with Crippen molar-refractivity contribution in [2.24, 2.45) is 11.8 Å². The first-order chi connectivity index (χ1) is 8.79. The molecule has 2 fully saturated rings. The smallest absolute Gasteiger partial charge is 0.222 e. The Bertz CT molecular complexity index is 259. The molecule has 0 aromatic rings. The molecule has 112 valence electrons. The summed E-state index contributed by atoms with van der Waals surface area (Å²) in [5.41, 5.74) is 0. The van der Waals surface area contributed by atoms with Crippen LogP contribution in [0.25, 0.3) is 0 Å². The van der Waals surface area contributed by atoms with E-state index in [4.69, 9.17) is 0 Å². The zero-order valence-corrected chi connectivity index (χ0v) is 13.0. The lowest BCUT2D eigenvalue weighted by Crippen LogP contribution is -2.41. The fraction of sp³-hybridized carbons (Fsp3) is 0.933. The minimum Gasteiger partial charge on any atom is -0.343 e. The monoisotopic (exact) mass is 288 g/mol. The molecule has 0 bridgehead atoms. The van der Waals surface area contributed by atoms with Crippen molar-refractivity contribution in [1.82, 2.24) is 10.2 Å². The van der Waals surface area contributed by atoms with Crippen LogP contribution in [0.2, 0.25) is 0 Å². The maximum Gasteiger partial charge on any atom is 0.222 e. The van der Waals surface area contributed by atoms with Gasteiger partial charge in [0, 0.05) is 19.5 Å². The number of halogens is 1. The van der Waals surface area contributed by atoms with Gasteiger partial charge in [0.25, 0.3) is 0 Å². The van der Waals surface area contributed by atoms with E-state index in [9.17, 15) is 4.79 Å². The predicted octanol–water partition coefficient (Wildman–Crippen LogP) is 2.84. The van der Waals surface area contributed by atoms with Gasteiger partial charge in [0.15, 0.2) is 0 Å². The van der Waals surface area contributed by atoms with Crippen molar-refractivity contribution in [2.75, 3.05) is 26.2 Å². The topological polar surface area (TPSA) is 32.3 Å². The van der Waals surface area contributed by atoms with Gasteiger partial charge in [0.2, 0.25) is 5.91 Å². The van der Waals surface area contributed by atoms with Crippen molar-refractivity contribution in [3.8, 4) is 0 Å². The summed E-state index contributed by atoms with van der Waals surface area (Å²) in [5.74, 6) is 1.89. The maximum absolute atomic E-state index is 12.2. The number of nitrogens with one attached hydrogen (secondary N) is 1. The molecule has 2 aliphatic rings. The van der Waals surface area contributed by atoms with Crippen LogP contribution in [0.5, 0.6) is 0 Å². The van der Waals surface area contributed by atoms with Gasteiger partial charge in [-0.3, -0.25) is 4.79 Å². The van der Waals surface area contributed by atoms with E-state index in [1.54, 1.807) is 0 Å².